The van der Waals surface area contributed by atoms with Gasteiger partial charge in [-0.1, -0.05) is 169 Å². The summed E-state index contributed by atoms with van der Waals surface area (Å²) in [5.41, 5.74) is -13.2. The average Bonchev–Trinajstić information content (AvgIpc) is 1.39. The molecule has 0 amide bonds. The number of nitrogens with zero attached hydrogens (tertiary/aromatic N) is 2. The second-order valence-corrected chi connectivity index (χ2v) is 12.0. The number of anilines is 3. The first kappa shape index (κ1) is 12.7. The number of rotatable bonds is 7. The predicted octanol–water partition coefficient (Wildman–Crippen LogP) is 15.6. The molecule has 1 aromatic heterocycles. The van der Waals surface area contributed by atoms with Crippen LogP contribution in [0.25, 0.3) is 82.4 Å². The third kappa shape index (κ3) is 5.74. The highest BCUT2D eigenvalue weighted by atomic mass is 15.1. The molecule has 0 unspecified atom stereocenters. The standard InChI is InChI=1S/C56H38N2/c1-3-15-40(16-4-1)50-23-9-11-26-53(50)57(46-34-31-39(32-35-46)42-33-36-49-44(37-42)30-29-41-17-7-8-22-48(41)49)47-21-13-18-43(38-47)51-25-14-28-55-56(51)52-24-10-12-27-54(52)58(55)45-19-5-2-6-20-45/h1-38H/i1D,2D,3D,4D,5D,6D,7D,8D,9D,10D,11D,12D,13D,14D,15D,16D,17D,18D,19D,20D,21D,22D,23D,24D,25D,26D,27D,28D,29D,30D,31D,32D,33D,34D,35D,36D,37D,38D. The zero-order valence-electron chi connectivity index (χ0n) is 66.9. The minimum atomic E-state index is -1.47. The molecule has 0 spiro atoms. The molecule has 0 radical (unpaired) electrons. The second-order valence-electron chi connectivity index (χ2n) is 12.0. The van der Waals surface area contributed by atoms with Gasteiger partial charge in [0.05, 0.1) is 68.8 Å². The van der Waals surface area contributed by atoms with E-state index in [1.807, 2.05) is 0 Å². The first-order valence-electron chi connectivity index (χ1n) is 35.8. The Morgan fingerprint density at radius 2 is 0.966 bits per heavy atom. The number of hydrogen-bond acceptors (Lipinski definition) is 1. The van der Waals surface area contributed by atoms with E-state index in [-0.39, 0.29) is 4.90 Å². The summed E-state index contributed by atoms with van der Waals surface area (Å²) in [4.78, 5) is 0.195. The van der Waals surface area contributed by atoms with Crippen molar-refractivity contribution in [2.24, 2.45) is 0 Å². The van der Waals surface area contributed by atoms with Crippen LogP contribution in [0.15, 0.2) is 230 Å². The van der Waals surface area contributed by atoms with Crippen LogP contribution in [0, 0.1) is 0 Å². The van der Waals surface area contributed by atoms with Crippen molar-refractivity contribution >= 4 is 60.4 Å². The third-order valence-electron chi connectivity index (χ3n) is 8.81. The molecule has 2 nitrogen and oxygen atoms in total. The van der Waals surface area contributed by atoms with Gasteiger partial charge in [-0.3, -0.25) is 0 Å². The van der Waals surface area contributed by atoms with Crippen LogP contribution in [-0.4, -0.2) is 4.57 Å². The van der Waals surface area contributed by atoms with Gasteiger partial charge < -0.3 is 9.47 Å². The lowest BCUT2D eigenvalue weighted by Crippen LogP contribution is -2.11. The van der Waals surface area contributed by atoms with Gasteiger partial charge in [0.1, 0.15) is 0 Å². The van der Waals surface area contributed by atoms with Gasteiger partial charge in [0.2, 0.25) is 0 Å². The Morgan fingerprint density at radius 1 is 0.345 bits per heavy atom. The summed E-state index contributed by atoms with van der Waals surface area (Å²) in [6, 6.07) is -43.5. The molecule has 10 aromatic carbocycles. The van der Waals surface area contributed by atoms with Crippen LogP contribution < -0.4 is 4.90 Å². The van der Waals surface area contributed by atoms with E-state index in [1.54, 1.807) is 0 Å². The van der Waals surface area contributed by atoms with Gasteiger partial charge in [0, 0.05) is 33.4 Å². The lowest BCUT2D eigenvalue weighted by molar-refractivity contribution is 1.18. The van der Waals surface area contributed by atoms with Crippen LogP contribution in [0.3, 0.4) is 0 Å². The van der Waals surface area contributed by atoms with Crippen LogP contribution in [0.2, 0.25) is 0 Å². The topological polar surface area (TPSA) is 8.17 Å². The molecule has 11 rings (SSSR count). The van der Waals surface area contributed by atoms with Gasteiger partial charge in [-0.15, -0.1) is 0 Å². The number of hydrogen-bond donors (Lipinski definition) is 0. The van der Waals surface area contributed by atoms with Crippen LogP contribution in [-0.2, 0) is 0 Å². The third-order valence-corrected chi connectivity index (χ3v) is 8.81. The Hall–Kier alpha value is -7.68. The summed E-state index contributed by atoms with van der Waals surface area (Å²) < 4.78 is 348. The van der Waals surface area contributed by atoms with Crippen molar-refractivity contribution in [2.45, 2.75) is 0 Å². The van der Waals surface area contributed by atoms with Crippen LogP contribution in [0.4, 0.5) is 17.1 Å². The fourth-order valence-corrected chi connectivity index (χ4v) is 6.35. The molecular formula is C56H38N2. The molecule has 0 N–H and O–H groups in total. The van der Waals surface area contributed by atoms with Crippen LogP contribution in [0.1, 0.15) is 52.1 Å². The highest BCUT2D eigenvalue weighted by molar-refractivity contribution is 6.16. The number of benzene rings is 10. The summed E-state index contributed by atoms with van der Waals surface area (Å²) >= 11 is 0. The highest BCUT2D eigenvalue weighted by Crippen LogP contribution is 2.44. The summed E-state index contributed by atoms with van der Waals surface area (Å²) in [6.07, 6.45) is 0. The van der Waals surface area contributed by atoms with E-state index in [1.165, 1.54) is 0 Å². The van der Waals surface area contributed by atoms with Gasteiger partial charge in [0.25, 0.3) is 0 Å². The van der Waals surface area contributed by atoms with E-state index in [0.717, 1.165) is 0 Å². The van der Waals surface area contributed by atoms with E-state index < -0.39 is 329 Å². The Bertz CT molecular complexity index is 5430. The van der Waals surface area contributed by atoms with E-state index in [2.05, 4.69) is 0 Å². The van der Waals surface area contributed by atoms with Crippen molar-refractivity contribution in [3.63, 3.8) is 0 Å². The maximum Gasteiger partial charge on any atom is 0.0651 e. The molecule has 1 heterocycles. The van der Waals surface area contributed by atoms with Crippen molar-refractivity contribution in [3.05, 3.63) is 230 Å². The minimum Gasteiger partial charge on any atom is -0.310 e. The van der Waals surface area contributed by atoms with E-state index >= 15 is 0 Å². The van der Waals surface area contributed by atoms with Gasteiger partial charge in [-0.25, -0.2) is 0 Å². The Balaban J connectivity index is 1.38. The summed E-state index contributed by atoms with van der Waals surface area (Å²) in [7, 11) is 0. The number of fused-ring (bicyclic) bond motifs is 6. The normalized spacial score (nSPS) is 20.6. The molecule has 0 saturated heterocycles. The van der Waals surface area contributed by atoms with Crippen molar-refractivity contribution in [1.82, 2.24) is 4.57 Å². The first-order chi connectivity index (χ1) is 44.6. The predicted molar refractivity (Wildman–Crippen MR) is 247 cm³/mol. The number of para-hydroxylation sites is 3. The molecule has 11 aromatic rings. The summed E-state index contributed by atoms with van der Waals surface area (Å²) in [6.45, 7) is 0. The molecule has 0 atom stereocenters. The largest absolute Gasteiger partial charge is 0.310 e. The second kappa shape index (κ2) is 14.1. The smallest absolute Gasteiger partial charge is 0.0651 e. The van der Waals surface area contributed by atoms with E-state index in [4.69, 9.17) is 27.4 Å². The van der Waals surface area contributed by atoms with Crippen molar-refractivity contribution in [1.29, 1.82) is 0 Å². The molecule has 0 aliphatic carbocycles. The van der Waals surface area contributed by atoms with Crippen molar-refractivity contribution < 1.29 is 52.1 Å². The Labute approximate surface area is 391 Å². The molecule has 0 bridgehead atoms. The van der Waals surface area contributed by atoms with Gasteiger partial charge in [0.15, 0.2) is 0 Å². The lowest BCUT2D eigenvalue weighted by atomic mass is 9.96. The maximum absolute atomic E-state index is 10.3. The zero-order chi connectivity index (χ0) is 71.5. The Kier molecular flexibility index (Phi) is 3.08. The molecule has 0 fully saturated rings. The van der Waals surface area contributed by atoms with Crippen LogP contribution in [0.5, 0.6) is 0 Å². The molecule has 58 heavy (non-hydrogen) atoms. The summed E-state index contributed by atoms with van der Waals surface area (Å²) in [5, 5.41) is -4.17. The summed E-state index contributed by atoms with van der Waals surface area (Å²) in [5.74, 6) is 0. The first-order valence-corrected chi connectivity index (χ1v) is 16.8. The minimum absolute atomic E-state index is 0.195. The molecule has 272 valence electrons. The van der Waals surface area contributed by atoms with Gasteiger partial charge in [-0.05, 0) is 110 Å². The average molecular weight is 777 g/mol. The van der Waals surface area contributed by atoms with Crippen molar-refractivity contribution in [2.75, 3.05) is 4.90 Å². The van der Waals surface area contributed by atoms with E-state index in [9.17, 15) is 24.7 Å². The van der Waals surface area contributed by atoms with Gasteiger partial charge in [-0.2, -0.15) is 0 Å². The fraction of sp³-hybridized carbons (Fsp3) is 0. The fourth-order valence-electron chi connectivity index (χ4n) is 6.35. The molecule has 0 aliphatic rings. The SMILES string of the molecule is [2H]c1c([2H])c([2H])c(-c2c([2H])c([2H])c([2H])c([2H])c2N(c2c([2H])c([2H])c(-c3c([2H])c([2H])c4c(c3[2H])c([2H])c([2H])c3c([2H])c([2H])c([2H])c([2H])c34)c([2H])c2[2H])c2c([2H])c([2H])c([2H])c(-c3c([2H])c([2H])c([2H])c4c3c3c([2H])c([2H])c([2H])c([2H])c3n4-c3c([2H])c([2H])c([2H])c([2H])c3[2H])c2[2H])c([2H])c1[2H]. The Morgan fingerprint density at radius 3 is 1.83 bits per heavy atom. The molecule has 0 aliphatic heterocycles. The number of aromatic nitrogens is 1. The maximum atomic E-state index is 10.3. The molecular weight excluding hydrogens is 701 g/mol. The monoisotopic (exact) mass is 777 g/mol. The van der Waals surface area contributed by atoms with E-state index in [0.29, 0.717) is 4.57 Å². The molecule has 0 saturated carbocycles. The zero-order valence-corrected chi connectivity index (χ0v) is 28.9. The van der Waals surface area contributed by atoms with Crippen molar-refractivity contribution in [3.8, 4) is 39.1 Å². The highest BCUT2D eigenvalue weighted by Gasteiger charge is 2.20. The van der Waals surface area contributed by atoms with Gasteiger partial charge >= 0.3 is 0 Å². The lowest BCUT2D eigenvalue weighted by Gasteiger charge is -2.28. The molecule has 2 heteroatoms. The van der Waals surface area contributed by atoms with Crippen LogP contribution >= 0.6 is 0 Å². The quantitative estimate of drug-likeness (QED) is 0.146.